The molecule has 0 bridgehead atoms. The summed E-state index contributed by atoms with van der Waals surface area (Å²) in [7, 11) is 1.52. The minimum absolute atomic E-state index is 0.0327. The highest BCUT2D eigenvalue weighted by atomic mass is 35.5. The number of carbonyl (C=O) groups excluding carboxylic acids is 1. The third-order valence-corrected chi connectivity index (χ3v) is 3.57. The van der Waals surface area contributed by atoms with E-state index in [0.29, 0.717) is 22.0 Å². The van der Waals surface area contributed by atoms with Crippen molar-refractivity contribution in [2.75, 3.05) is 12.4 Å². The molecule has 122 valence electrons. The van der Waals surface area contributed by atoms with Crippen LogP contribution in [0.1, 0.15) is 16.7 Å². The van der Waals surface area contributed by atoms with Gasteiger partial charge in [0.2, 0.25) is 0 Å². The smallest absolute Gasteiger partial charge is 0.266 e. The second-order valence-corrected chi connectivity index (χ2v) is 5.82. The van der Waals surface area contributed by atoms with Crippen LogP contribution in [0.15, 0.2) is 42.0 Å². The predicted molar refractivity (Wildman–Crippen MR) is 96.1 cm³/mol. The Morgan fingerprint density at radius 1 is 1.21 bits per heavy atom. The number of halogens is 1. The summed E-state index contributed by atoms with van der Waals surface area (Å²) in [4.78, 5) is 12.4. The first kappa shape index (κ1) is 17.6. The van der Waals surface area contributed by atoms with Crippen LogP contribution in [0.4, 0.5) is 5.69 Å². The van der Waals surface area contributed by atoms with Crippen LogP contribution < -0.4 is 10.1 Å². The topological polar surface area (TPSA) is 62.1 Å². The summed E-state index contributed by atoms with van der Waals surface area (Å²) < 4.78 is 5.23. The molecule has 1 amide bonds. The lowest BCUT2D eigenvalue weighted by molar-refractivity contribution is -0.112. The number of nitrogens with zero attached hydrogens (tertiary/aromatic N) is 1. The van der Waals surface area contributed by atoms with Crippen LogP contribution in [0.25, 0.3) is 6.08 Å². The zero-order valence-electron chi connectivity index (χ0n) is 13.7. The number of anilines is 1. The molecule has 4 nitrogen and oxygen atoms in total. The first-order valence-corrected chi connectivity index (χ1v) is 7.65. The molecule has 0 radical (unpaired) electrons. The van der Waals surface area contributed by atoms with Gasteiger partial charge in [-0.3, -0.25) is 4.79 Å². The van der Waals surface area contributed by atoms with Crippen molar-refractivity contribution in [2.45, 2.75) is 13.8 Å². The van der Waals surface area contributed by atoms with E-state index in [1.807, 2.05) is 38.1 Å². The third-order valence-electron chi connectivity index (χ3n) is 3.34. The molecule has 0 aliphatic carbocycles. The van der Waals surface area contributed by atoms with Crippen molar-refractivity contribution in [3.05, 3.63) is 63.7 Å². The number of ether oxygens (including phenoxy) is 1. The van der Waals surface area contributed by atoms with E-state index < -0.39 is 5.91 Å². The van der Waals surface area contributed by atoms with Gasteiger partial charge in [-0.05, 0) is 61.4 Å². The van der Waals surface area contributed by atoms with Crippen LogP contribution in [0.3, 0.4) is 0 Å². The van der Waals surface area contributed by atoms with Crippen molar-refractivity contribution in [1.29, 1.82) is 5.26 Å². The lowest BCUT2D eigenvalue weighted by Crippen LogP contribution is -2.13. The maximum absolute atomic E-state index is 12.4. The molecule has 0 fully saturated rings. The van der Waals surface area contributed by atoms with Crippen LogP contribution in [0, 0.1) is 25.2 Å². The first-order chi connectivity index (χ1) is 11.4. The summed E-state index contributed by atoms with van der Waals surface area (Å²) in [6, 6.07) is 12.6. The fraction of sp³-hybridized carbons (Fsp3) is 0.158. The van der Waals surface area contributed by atoms with Crippen molar-refractivity contribution in [3.8, 4) is 11.8 Å². The zero-order valence-corrected chi connectivity index (χ0v) is 14.4. The summed E-state index contributed by atoms with van der Waals surface area (Å²) in [6.07, 6.45) is 1.46. The Balaban J connectivity index is 2.32. The van der Waals surface area contributed by atoms with Crippen molar-refractivity contribution >= 4 is 29.3 Å². The first-order valence-electron chi connectivity index (χ1n) is 7.28. The van der Waals surface area contributed by atoms with Crippen LogP contribution in [-0.2, 0) is 4.79 Å². The number of amides is 1. The van der Waals surface area contributed by atoms with E-state index in [-0.39, 0.29) is 5.57 Å². The monoisotopic (exact) mass is 340 g/mol. The molecule has 5 heteroatoms. The van der Waals surface area contributed by atoms with E-state index in [0.717, 1.165) is 11.1 Å². The van der Waals surface area contributed by atoms with Gasteiger partial charge in [0, 0.05) is 16.3 Å². The highest BCUT2D eigenvalue weighted by Gasteiger charge is 2.12. The number of carbonyl (C=O) groups is 1. The Hall–Kier alpha value is -2.77. The highest BCUT2D eigenvalue weighted by molar-refractivity contribution is 6.30. The van der Waals surface area contributed by atoms with Crippen molar-refractivity contribution in [3.63, 3.8) is 0 Å². The average Bonchev–Trinajstić information content (AvgIpc) is 2.51. The SMILES string of the molecule is COc1ccc(Cl)cc1C=C(C#N)C(=O)Nc1cc(C)cc(C)c1. The van der Waals surface area contributed by atoms with Crippen LogP contribution in [-0.4, -0.2) is 13.0 Å². The molecule has 0 unspecified atom stereocenters. The molecule has 0 heterocycles. The Labute approximate surface area is 146 Å². The van der Waals surface area contributed by atoms with Gasteiger partial charge in [0.15, 0.2) is 0 Å². The van der Waals surface area contributed by atoms with Gasteiger partial charge in [-0.25, -0.2) is 0 Å². The molecule has 1 N–H and O–H groups in total. The van der Waals surface area contributed by atoms with Crippen molar-refractivity contribution in [1.82, 2.24) is 0 Å². The molecule has 0 atom stereocenters. The minimum Gasteiger partial charge on any atom is -0.496 e. The molecular formula is C19H17ClN2O2. The van der Waals surface area contributed by atoms with Gasteiger partial charge in [-0.15, -0.1) is 0 Å². The van der Waals surface area contributed by atoms with E-state index in [4.69, 9.17) is 16.3 Å². The molecule has 0 saturated heterocycles. The number of hydrogen-bond donors (Lipinski definition) is 1. The molecule has 24 heavy (non-hydrogen) atoms. The summed E-state index contributed by atoms with van der Waals surface area (Å²) in [5, 5.41) is 12.6. The quantitative estimate of drug-likeness (QED) is 0.658. The Morgan fingerprint density at radius 3 is 2.46 bits per heavy atom. The summed E-state index contributed by atoms with van der Waals surface area (Å²) in [5.41, 5.74) is 3.25. The molecule has 0 saturated carbocycles. The summed E-state index contributed by atoms with van der Waals surface area (Å²) in [6.45, 7) is 3.89. The third kappa shape index (κ3) is 4.37. The average molecular weight is 341 g/mol. The van der Waals surface area contributed by atoms with E-state index >= 15 is 0 Å². The lowest BCUT2D eigenvalue weighted by Gasteiger charge is -2.08. The minimum atomic E-state index is -0.482. The lowest BCUT2D eigenvalue weighted by atomic mass is 10.1. The Morgan fingerprint density at radius 2 is 1.88 bits per heavy atom. The number of hydrogen-bond acceptors (Lipinski definition) is 3. The fourth-order valence-corrected chi connectivity index (χ4v) is 2.55. The molecule has 0 spiro atoms. The van der Waals surface area contributed by atoms with E-state index in [2.05, 4.69) is 5.32 Å². The number of rotatable bonds is 4. The van der Waals surface area contributed by atoms with Crippen molar-refractivity contribution in [2.24, 2.45) is 0 Å². The van der Waals surface area contributed by atoms with Gasteiger partial charge in [0.05, 0.1) is 7.11 Å². The van der Waals surface area contributed by atoms with Crippen LogP contribution in [0.2, 0.25) is 5.02 Å². The molecule has 0 aliphatic heterocycles. The van der Waals surface area contributed by atoms with Gasteiger partial charge in [-0.2, -0.15) is 5.26 Å². The standard InChI is InChI=1S/C19H17ClN2O2/c1-12-6-13(2)8-17(7-12)22-19(23)15(11-21)9-14-10-16(20)4-5-18(14)24-3/h4-10H,1-3H3,(H,22,23). The van der Waals surface area contributed by atoms with Gasteiger partial charge in [0.1, 0.15) is 17.4 Å². The van der Waals surface area contributed by atoms with Gasteiger partial charge < -0.3 is 10.1 Å². The fourth-order valence-electron chi connectivity index (χ4n) is 2.37. The number of benzene rings is 2. The number of methoxy groups -OCH3 is 1. The highest BCUT2D eigenvalue weighted by Crippen LogP contribution is 2.25. The second kappa shape index (κ2) is 7.67. The Bertz CT molecular complexity index is 831. The number of aryl methyl sites for hydroxylation is 2. The predicted octanol–water partition coefficient (Wildman–Crippen LogP) is 4.51. The number of nitriles is 1. The van der Waals surface area contributed by atoms with Gasteiger partial charge >= 0.3 is 0 Å². The summed E-state index contributed by atoms with van der Waals surface area (Å²) in [5.74, 6) is 0.0517. The molecule has 0 aromatic heterocycles. The molecule has 0 aliphatic rings. The van der Waals surface area contributed by atoms with Crippen molar-refractivity contribution < 1.29 is 9.53 Å². The molecule has 2 aromatic rings. The molecule has 2 aromatic carbocycles. The van der Waals surface area contributed by atoms with Crippen LogP contribution >= 0.6 is 11.6 Å². The number of nitrogens with one attached hydrogen (secondary N) is 1. The largest absolute Gasteiger partial charge is 0.496 e. The molecular weight excluding hydrogens is 324 g/mol. The maximum atomic E-state index is 12.4. The van der Waals surface area contributed by atoms with Gasteiger partial charge in [-0.1, -0.05) is 17.7 Å². The molecule has 2 rings (SSSR count). The van der Waals surface area contributed by atoms with E-state index in [1.54, 1.807) is 18.2 Å². The Kier molecular flexibility index (Phi) is 5.62. The van der Waals surface area contributed by atoms with Crippen LogP contribution in [0.5, 0.6) is 5.75 Å². The normalized spacial score (nSPS) is 10.9. The zero-order chi connectivity index (χ0) is 17.7. The van der Waals surface area contributed by atoms with E-state index in [9.17, 15) is 10.1 Å². The maximum Gasteiger partial charge on any atom is 0.266 e. The second-order valence-electron chi connectivity index (χ2n) is 5.39. The van der Waals surface area contributed by atoms with Gasteiger partial charge in [0.25, 0.3) is 5.91 Å². The summed E-state index contributed by atoms with van der Waals surface area (Å²) >= 11 is 5.98. The van der Waals surface area contributed by atoms with E-state index in [1.165, 1.54) is 13.2 Å².